The number of carbonyl (C=O) groups is 1. The highest BCUT2D eigenvalue weighted by Crippen LogP contribution is 2.27. The van der Waals surface area contributed by atoms with Crippen molar-refractivity contribution in [2.45, 2.75) is 6.43 Å². The molecule has 0 atom stereocenters. The highest BCUT2D eigenvalue weighted by Gasteiger charge is 2.18. The first-order valence-corrected chi connectivity index (χ1v) is 3.99. The van der Waals surface area contributed by atoms with Gasteiger partial charge in [0.05, 0.1) is 10.0 Å². The van der Waals surface area contributed by atoms with Gasteiger partial charge in [-0.25, -0.2) is 13.6 Å². The third-order valence-corrected chi connectivity index (χ3v) is 2.19. The fourth-order valence-corrected chi connectivity index (χ4v) is 1.35. The number of aromatic nitrogens is 1. The Morgan fingerprint density at radius 2 is 2.23 bits per heavy atom. The van der Waals surface area contributed by atoms with E-state index in [0.717, 1.165) is 12.3 Å². The molecule has 0 spiro atoms. The summed E-state index contributed by atoms with van der Waals surface area (Å²) >= 11 is 2.76. The van der Waals surface area contributed by atoms with Gasteiger partial charge in [0, 0.05) is 6.20 Å². The average molecular weight is 252 g/mol. The molecule has 0 aliphatic rings. The zero-order valence-electron chi connectivity index (χ0n) is 6.17. The number of hydrogen-bond acceptors (Lipinski definition) is 2. The number of aromatic carboxylic acids is 1. The van der Waals surface area contributed by atoms with Crippen LogP contribution in [-0.4, -0.2) is 16.1 Å². The second-order valence-corrected chi connectivity index (χ2v) is 2.96. The largest absolute Gasteiger partial charge is 0.478 e. The topological polar surface area (TPSA) is 50.2 Å². The molecule has 0 saturated heterocycles. The number of rotatable bonds is 2. The second-order valence-electron chi connectivity index (χ2n) is 2.16. The molecule has 0 aliphatic carbocycles. The average Bonchev–Trinajstić information content (AvgIpc) is 2.03. The molecule has 0 aromatic carbocycles. The predicted molar refractivity (Wildman–Crippen MR) is 43.9 cm³/mol. The lowest BCUT2D eigenvalue weighted by molar-refractivity contribution is 0.0695. The summed E-state index contributed by atoms with van der Waals surface area (Å²) in [4.78, 5) is 13.9. The van der Waals surface area contributed by atoms with Crippen LogP contribution in [0, 0.1) is 0 Å². The van der Waals surface area contributed by atoms with Gasteiger partial charge in [-0.3, -0.25) is 4.98 Å². The van der Waals surface area contributed by atoms with Crippen molar-refractivity contribution in [2.24, 2.45) is 0 Å². The molecule has 0 unspecified atom stereocenters. The van der Waals surface area contributed by atoms with Crippen molar-refractivity contribution in [1.29, 1.82) is 0 Å². The maximum atomic E-state index is 12.2. The van der Waals surface area contributed by atoms with E-state index >= 15 is 0 Å². The van der Waals surface area contributed by atoms with Crippen LogP contribution >= 0.6 is 15.9 Å². The van der Waals surface area contributed by atoms with E-state index in [1.54, 1.807) is 0 Å². The van der Waals surface area contributed by atoms with Gasteiger partial charge in [-0.05, 0) is 22.0 Å². The molecule has 0 aliphatic heterocycles. The van der Waals surface area contributed by atoms with Crippen LogP contribution in [0.1, 0.15) is 22.5 Å². The fourth-order valence-electron chi connectivity index (χ4n) is 0.777. The quantitative estimate of drug-likeness (QED) is 0.879. The zero-order valence-corrected chi connectivity index (χ0v) is 7.75. The van der Waals surface area contributed by atoms with Crippen molar-refractivity contribution in [3.05, 3.63) is 28.0 Å². The summed E-state index contributed by atoms with van der Waals surface area (Å²) < 4.78 is 24.2. The summed E-state index contributed by atoms with van der Waals surface area (Å²) in [5, 5.41) is 8.57. The third kappa shape index (κ3) is 2.00. The Balaban J connectivity index is 3.26. The van der Waals surface area contributed by atoms with Gasteiger partial charge in [0.25, 0.3) is 6.43 Å². The zero-order chi connectivity index (χ0) is 10.0. The molecule has 0 radical (unpaired) electrons. The van der Waals surface area contributed by atoms with E-state index in [-0.39, 0.29) is 10.0 Å². The van der Waals surface area contributed by atoms with Crippen LogP contribution in [0.3, 0.4) is 0 Å². The van der Waals surface area contributed by atoms with Gasteiger partial charge in [0.1, 0.15) is 5.69 Å². The minimum atomic E-state index is -2.78. The van der Waals surface area contributed by atoms with Gasteiger partial charge in [-0.1, -0.05) is 0 Å². The molecule has 0 amide bonds. The van der Waals surface area contributed by atoms with E-state index in [0.29, 0.717) is 0 Å². The molecule has 1 aromatic heterocycles. The lowest BCUT2D eigenvalue weighted by Gasteiger charge is -2.03. The van der Waals surface area contributed by atoms with Crippen LogP contribution in [0.15, 0.2) is 16.7 Å². The molecular weight excluding hydrogens is 248 g/mol. The van der Waals surface area contributed by atoms with Crippen LogP contribution in [0.25, 0.3) is 0 Å². The molecule has 6 heteroatoms. The van der Waals surface area contributed by atoms with Crippen LogP contribution in [0.4, 0.5) is 8.78 Å². The number of pyridine rings is 1. The van der Waals surface area contributed by atoms with Crippen LogP contribution < -0.4 is 0 Å². The van der Waals surface area contributed by atoms with E-state index < -0.39 is 18.1 Å². The Kier molecular flexibility index (Phi) is 2.92. The van der Waals surface area contributed by atoms with Gasteiger partial charge in [-0.2, -0.15) is 0 Å². The van der Waals surface area contributed by atoms with Crippen molar-refractivity contribution >= 4 is 21.9 Å². The standard InChI is InChI=1S/C7H4BrF2NO2/c8-4-3(7(12)13)1-2-11-5(4)6(9)10/h1-2,6H,(H,12,13). The molecule has 0 bridgehead atoms. The summed E-state index contributed by atoms with van der Waals surface area (Å²) in [7, 11) is 0. The summed E-state index contributed by atoms with van der Waals surface area (Å²) in [6.07, 6.45) is -1.75. The number of hydrogen-bond donors (Lipinski definition) is 1. The molecule has 3 nitrogen and oxygen atoms in total. The molecule has 1 rings (SSSR count). The SMILES string of the molecule is O=C(O)c1ccnc(C(F)F)c1Br. The van der Waals surface area contributed by atoms with Gasteiger partial charge in [0.15, 0.2) is 0 Å². The Morgan fingerprint density at radius 3 is 2.69 bits per heavy atom. The number of carboxylic acids is 1. The number of halogens is 3. The summed E-state index contributed by atoms with van der Waals surface area (Å²) in [6, 6.07) is 1.15. The molecule has 1 aromatic rings. The number of carboxylic acid groups (broad SMARTS) is 1. The van der Waals surface area contributed by atoms with Gasteiger partial charge >= 0.3 is 5.97 Å². The van der Waals surface area contributed by atoms with Crippen molar-refractivity contribution in [1.82, 2.24) is 4.98 Å². The first kappa shape index (κ1) is 10.0. The second kappa shape index (κ2) is 3.78. The lowest BCUT2D eigenvalue weighted by Crippen LogP contribution is -2.02. The smallest absolute Gasteiger partial charge is 0.336 e. The highest BCUT2D eigenvalue weighted by molar-refractivity contribution is 9.10. The maximum absolute atomic E-state index is 12.2. The van der Waals surface area contributed by atoms with Crippen molar-refractivity contribution in [3.8, 4) is 0 Å². The number of alkyl halides is 2. The Labute approximate surface area is 80.5 Å². The molecule has 13 heavy (non-hydrogen) atoms. The first-order valence-electron chi connectivity index (χ1n) is 3.20. The number of nitrogens with zero attached hydrogens (tertiary/aromatic N) is 1. The molecule has 0 saturated carbocycles. The Bertz CT molecular complexity index is 343. The van der Waals surface area contributed by atoms with Crippen LogP contribution in [-0.2, 0) is 0 Å². The highest BCUT2D eigenvalue weighted by atomic mass is 79.9. The molecule has 0 fully saturated rings. The monoisotopic (exact) mass is 251 g/mol. The van der Waals surface area contributed by atoms with Crippen molar-refractivity contribution in [3.63, 3.8) is 0 Å². The Morgan fingerprint density at radius 1 is 1.62 bits per heavy atom. The maximum Gasteiger partial charge on any atom is 0.336 e. The van der Waals surface area contributed by atoms with Crippen LogP contribution in [0.2, 0.25) is 0 Å². The van der Waals surface area contributed by atoms with Crippen molar-refractivity contribution < 1.29 is 18.7 Å². The van der Waals surface area contributed by atoms with Gasteiger partial charge in [-0.15, -0.1) is 0 Å². The van der Waals surface area contributed by atoms with Crippen molar-refractivity contribution in [2.75, 3.05) is 0 Å². The van der Waals surface area contributed by atoms with Gasteiger partial charge in [0.2, 0.25) is 0 Å². The molecule has 70 valence electrons. The van der Waals surface area contributed by atoms with E-state index in [1.807, 2.05) is 0 Å². The first-order chi connectivity index (χ1) is 6.04. The summed E-state index contributed by atoms with van der Waals surface area (Å²) in [5.74, 6) is -1.27. The minimum absolute atomic E-state index is 0.169. The Hall–Kier alpha value is -1.04. The third-order valence-electron chi connectivity index (χ3n) is 1.35. The van der Waals surface area contributed by atoms with E-state index in [2.05, 4.69) is 20.9 Å². The van der Waals surface area contributed by atoms with Crippen LogP contribution in [0.5, 0.6) is 0 Å². The van der Waals surface area contributed by atoms with E-state index in [4.69, 9.17) is 5.11 Å². The summed E-state index contributed by atoms with van der Waals surface area (Å²) in [5.41, 5.74) is -0.773. The lowest BCUT2D eigenvalue weighted by atomic mass is 10.2. The van der Waals surface area contributed by atoms with Gasteiger partial charge < -0.3 is 5.11 Å². The normalized spacial score (nSPS) is 10.5. The van der Waals surface area contributed by atoms with E-state index in [1.165, 1.54) is 0 Å². The summed E-state index contributed by atoms with van der Waals surface area (Å²) in [6.45, 7) is 0. The van der Waals surface area contributed by atoms with E-state index in [9.17, 15) is 13.6 Å². The predicted octanol–water partition coefficient (Wildman–Crippen LogP) is 2.48. The minimum Gasteiger partial charge on any atom is -0.478 e. The molecule has 1 N–H and O–H groups in total. The molecular formula is C7H4BrF2NO2. The molecule has 1 heterocycles. The fraction of sp³-hybridized carbons (Fsp3) is 0.143.